The van der Waals surface area contributed by atoms with Gasteiger partial charge in [0.05, 0.1) is 6.61 Å². The predicted octanol–water partition coefficient (Wildman–Crippen LogP) is 4.14. The van der Waals surface area contributed by atoms with E-state index in [0.29, 0.717) is 11.3 Å². The van der Waals surface area contributed by atoms with Gasteiger partial charge >= 0.3 is 0 Å². The van der Waals surface area contributed by atoms with Crippen LogP contribution in [0.5, 0.6) is 5.75 Å². The number of nitrogen functional groups attached to an aromatic ring is 1. The second-order valence-corrected chi connectivity index (χ2v) is 6.53. The molecule has 112 valence electrons. The highest BCUT2D eigenvalue weighted by Crippen LogP contribution is 2.31. The zero-order chi connectivity index (χ0) is 14.4. The van der Waals surface area contributed by atoms with Crippen LogP contribution in [-0.4, -0.2) is 24.2 Å². The monoisotopic (exact) mass is 294 g/mol. The number of anilines is 2. The van der Waals surface area contributed by atoms with Crippen molar-refractivity contribution in [3.8, 4) is 5.75 Å². The van der Waals surface area contributed by atoms with E-state index in [1.54, 1.807) is 0 Å². The van der Waals surface area contributed by atoms with Gasteiger partial charge in [-0.25, -0.2) is 0 Å². The number of thioether (sulfide) groups is 1. The summed E-state index contributed by atoms with van der Waals surface area (Å²) >= 11 is 1.97. The summed E-state index contributed by atoms with van der Waals surface area (Å²) in [5, 5.41) is 4.36. The molecule has 1 aliphatic carbocycles. The van der Waals surface area contributed by atoms with Crippen LogP contribution in [-0.2, 0) is 0 Å². The molecule has 3 N–H and O–H groups in total. The minimum atomic E-state index is 0.541. The fourth-order valence-electron chi connectivity index (χ4n) is 2.77. The Morgan fingerprint density at radius 3 is 2.85 bits per heavy atom. The molecular formula is C16H26N2OS. The van der Waals surface area contributed by atoms with E-state index in [1.807, 2.05) is 23.9 Å². The second kappa shape index (κ2) is 7.67. The Balaban J connectivity index is 2.05. The largest absolute Gasteiger partial charge is 0.493 e. The van der Waals surface area contributed by atoms with Gasteiger partial charge in [-0.15, -0.1) is 0 Å². The lowest BCUT2D eigenvalue weighted by Crippen LogP contribution is -2.34. The summed E-state index contributed by atoms with van der Waals surface area (Å²) in [4.78, 5) is 0. The third-order valence-corrected chi connectivity index (χ3v) is 4.93. The quantitative estimate of drug-likeness (QED) is 0.774. The van der Waals surface area contributed by atoms with Crippen LogP contribution in [0.1, 0.15) is 39.0 Å². The summed E-state index contributed by atoms with van der Waals surface area (Å²) in [6.07, 6.45) is 8.43. The average Bonchev–Trinajstić information content (AvgIpc) is 2.45. The third kappa shape index (κ3) is 4.23. The number of benzene rings is 1. The molecule has 0 spiro atoms. The van der Waals surface area contributed by atoms with Gasteiger partial charge in [0.25, 0.3) is 0 Å². The minimum Gasteiger partial charge on any atom is -0.493 e. The molecule has 2 atom stereocenters. The van der Waals surface area contributed by atoms with Gasteiger partial charge < -0.3 is 15.8 Å². The zero-order valence-corrected chi connectivity index (χ0v) is 13.3. The first-order valence-corrected chi connectivity index (χ1v) is 8.84. The fraction of sp³-hybridized carbons (Fsp3) is 0.625. The van der Waals surface area contributed by atoms with Crippen molar-refractivity contribution >= 4 is 23.1 Å². The molecule has 1 aromatic carbocycles. The molecule has 20 heavy (non-hydrogen) atoms. The number of rotatable bonds is 6. The number of hydrogen-bond donors (Lipinski definition) is 2. The lowest BCUT2D eigenvalue weighted by molar-refractivity contribution is 0.317. The first kappa shape index (κ1) is 15.4. The molecule has 0 heterocycles. The van der Waals surface area contributed by atoms with E-state index in [4.69, 9.17) is 10.5 Å². The Kier molecular flexibility index (Phi) is 5.89. The predicted molar refractivity (Wildman–Crippen MR) is 89.8 cm³/mol. The summed E-state index contributed by atoms with van der Waals surface area (Å²) in [5.41, 5.74) is 7.83. The van der Waals surface area contributed by atoms with Crippen molar-refractivity contribution in [2.24, 2.45) is 0 Å². The fourth-order valence-corrected chi connectivity index (χ4v) is 3.70. The molecule has 1 fully saturated rings. The molecule has 2 rings (SSSR count). The van der Waals surface area contributed by atoms with Gasteiger partial charge in [0.15, 0.2) is 0 Å². The Hall–Kier alpha value is -1.03. The molecule has 1 aliphatic rings. The molecule has 0 aliphatic heterocycles. The molecular weight excluding hydrogens is 268 g/mol. The molecule has 4 heteroatoms. The number of nitrogens with two attached hydrogens (primary N) is 1. The van der Waals surface area contributed by atoms with E-state index in [9.17, 15) is 0 Å². The van der Waals surface area contributed by atoms with E-state index in [1.165, 1.54) is 25.7 Å². The second-order valence-electron chi connectivity index (χ2n) is 5.45. The van der Waals surface area contributed by atoms with Crippen molar-refractivity contribution in [3.05, 3.63) is 18.2 Å². The Labute approximate surface area is 126 Å². The zero-order valence-electron chi connectivity index (χ0n) is 12.5. The first-order valence-electron chi connectivity index (χ1n) is 7.55. The van der Waals surface area contributed by atoms with E-state index in [0.717, 1.165) is 30.2 Å². The van der Waals surface area contributed by atoms with Gasteiger partial charge in [0.2, 0.25) is 0 Å². The smallest absolute Gasteiger partial charge is 0.123 e. The highest BCUT2D eigenvalue weighted by Gasteiger charge is 2.24. The lowest BCUT2D eigenvalue weighted by atomic mass is 9.94. The van der Waals surface area contributed by atoms with Crippen molar-refractivity contribution in [1.82, 2.24) is 0 Å². The van der Waals surface area contributed by atoms with Gasteiger partial charge in [0.1, 0.15) is 5.75 Å². The lowest BCUT2D eigenvalue weighted by Gasteiger charge is -2.32. The van der Waals surface area contributed by atoms with Gasteiger partial charge in [0, 0.05) is 34.8 Å². The average molecular weight is 294 g/mol. The van der Waals surface area contributed by atoms with Crippen molar-refractivity contribution in [3.63, 3.8) is 0 Å². The van der Waals surface area contributed by atoms with E-state index < -0.39 is 0 Å². The molecule has 1 aromatic rings. The van der Waals surface area contributed by atoms with Crippen LogP contribution >= 0.6 is 11.8 Å². The molecule has 0 amide bonds. The maximum Gasteiger partial charge on any atom is 0.123 e. The summed E-state index contributed by atoms with van der Waals surface area (Å²) in [7, 11) is 0. The molecule has 0 aromatic heterocycles. The summed E-state index contributed by atoms with van der Waals surface area (Å²) in [5.74, 6) is 0.867. The standard InChI is InChI=1S/C16H26N2OS/c1-3-8-19-14-10-12(17)9-13(11-14)18-15-6-4-5-7-16(15)20-2/h9-11,15-16,18H,3-8,17H2,1-2H3. The topological polar surface area (TPSA) is 47.3 Å². The summed E-state index contributed by atoms with van der Waals surface area (Å²) < 4.78 is 5.69. The van der Waals surface area contributed by atoms with Crippen LogP contribution < -0.4 is 15.8 Å². The normalized spacial score (nSPS) is 22.5. The third-order valence-electron chi connectivity index (χ3n) is 3.76. The van der Waals surface area contributed by atoms with Crippen LogP contribution in [0.25, 0.3) is 0 Å². The molecule has 0 bridgehead atoms. The Bertz CT molecular complexity index is 425. The van der Waals surface area contributed by atoms with Gasteiger partial charge in [-0.2, -0.15) is 11.8 Å². The van der Waals surface area contributed by atoms with Crippen LogP contribution in [0.4, 0.5) is 11.4 Å². The molecule has 3 nitrogen and oxygen atoms in total. The van der Waals surface area contributed by atoms with E-state index in [-0.39, 0.29) is 0 Å². The molecule has 0 radical (unpaired) electrons. The molecule has 0 saturated heterocycles. The van der Waals surface area contributed by atoms with Crippen molar-refractivity contribution in [2.75, 3.05) is 23.9 Å². The SMILES string of the molecule is CCCOc1cc(N)cc(NC2CCCCC2SC)c1. The maximum atomic E-state index is 5.98. The number of hydrogen-bond acceptors (Lipinski definition) is 4. The summed E-state index contributed by atoms with van der Waals surface area (Å²) in [6.45, 7) is 2.84. The van der Waals surface area contributed by atoms with Gasteiger partial charge in [-0.1, -0.05) is 19.8 Å². The van der Waals surface area contributed by atoms with Crippen LogP contribution in [0.15, 0.2) is 18.2 Å². The van der Waals surface area contributed by atoms with E-state index in [2.05, 4.69) is 24.6 Å². The van der Waals surface area contributed by atoms with Gasteiger partial charge in [-0.05, 0) is 31.6 Å². The van der Waals surface area contributed by atoms with Gasteiger partial charge in [-0.3, -0.25) is 0 Å². The minimum absolute atomic E-state index is 0.541. The molecule has 1 saturated carbocycles. The Morgan fingerprint density at radius 2 is 2.10 bits per heavy atom. The number of nitrogens with one attached hydrogen (secondary N) is 1. The Morgan fingerprint density at radius 1 is 1.30 bits per heavy atom. The summed E-state index contributed by atoms with van der Waals surface area (Å²) in [6, 6.07) is 6.51. The van der Waals surface area contributed by atoms with E-state index >= 15 is 0 Å². The van der Waals surface area contributed by atoms with Crippen molar-refractivity contribution < 1.29 is 4.74 Å². The first-order chi connectivity index (χ1) is 9.72. The van der Waals surface area contributed by atoms with Crippen molar-refractivity contribution in [2.45, 2.75) is 50.3 Å². The molecule has 2 unspecified atom stereocenters. The van der Waals surface area contributed by atoms with Crippen molar-refractivity contribution in [1.29, 1.82) is 0 Å². The van der Waals surface area contributed by atoms with Crippen LogP contribution in [0.2, 0.25) is 0 Å². The highest BCUT2D eigenvalue weighted by molar-refractivity contribution is 7.99. The highest BCUT2D eigenvalue weighted by atomic mass is 32.2. The maximum absolute atomic E-state index is 5.98. The number of ether oxygens (including phenoxy) is 1. The van der Waals surface area contributed by atoms with Crippen LogP contribution in [0, 0.1) is 0 Å². The van der Waals surface area contributed by atoms with Crippen LogP contribution in [0.3, 0.4) is 0 Å².